The number of thioether (sulfide) groups is 1. The zero-order valence-electron chi connectivity index (χ0n) is 12.1. The Morgan fingerprint density at radius 3 is 2.82 bits per heavy atom. The Labute approximate surface area is 144 Å². The van der Waals surface area contributed by atoms with Crippen LogP contribution in [0.25, 0.3) is 0 Å². The molecule has 1 amide bonds. The van der Waals surface area contributed by atoms with E-state index in [2.05, 4.69) is 6.07 Å². The van der Waals surface area contributed by atoms with E-state index in [0.717, 1.165) is 23.5 Å². The molecule has 1 aliphatic rings. The Bertz CT molecular complexity index is 720. The van der Waals surface area contributed by atoms with E-state index in [1.807, 2.05) is 30.0 Å². The molecule has 2 aromatic carbocycles. The molecule has 0 fully saturated rings. The third kappa shape index (κ3) is 3.12. The van der Waals surface area contributed by atoms with Gasteiger partial charge in [-0.3, -0.25) is 4.79 Å². The molecule has 5 heteroatoms. The van der Waals surface area contributed by atoms with Crippen LogP contribution in [0, 0.1) is 0 Å². The molecule has 0 aliphatic carbocycles. The van der Waals surface area contributed by atoms with Gasteiger partial charge in [0.2, 0.25) is 5.91 Å². The molecule has 0 N–H and O–H groups in total. The smallest absolute Gasteiger partial charge is 0.240 e. The van der Waals surface area contributed by atoms with Gasteiger partial charge in [-0.25, -0.2) is 0 Å². The SMILES string of the molecule is C[C@H](Sc1cc(Cl)ccc1Cl)C(=O)N1CCc2ccccc21. The Kier molecular flexibility index (Phi) is 4.67. The number of carbonyl (C=O) groups is 1. The number of hydrogen-bond acceptors (Lipinski definition) is 2. The van der Waals surface area contributed by atoms with Crippen molar-refractivity contribution >= 4 is 46.6 Å². The minimum absolute atomic E-state index is 0.103. The summed E-state index contributed by atoms with van der Waals surface area (Å²) >= 11 is 13.6. The number of halogens is 2. The first-order valence-electron chi connectivity index (χ1n) is 7.07. The molecule has 3 rings (SSSR count). The highest BCUT2D eigenvalue weighted by Crippen LogP contribution is 2.35. The first-order valence-corrected chi connectivity index (χ1v) is 8.71. The molecule has 1 atom stereocenters. The predicted octanol–water partition coefficient (Wildman–Crippen LogP) is 5.06. The normalized spacial score (nSPS) is 14.8. The first kappa shape index (κ1) is 15.7. The van der Waals surface area contributed by atoms with Crippen molar-refractivity contribution in [1.82, 2.24) is 0 Å². The summed E-state index contributed by atoms with van der Waals surface area (Å²) in [5.41, 5.74) is 2.26. The standard InChI is InChI=1S/C17H15Cl2NOS/c1-11(22-16-10-13(18)6-7-14(16)19)17(21)20-9-8-12-4-2-3-5-15(12)20/h2-7,10-11H,8-9H2,1H3/t11-/m0/s1. The lowest BCUT2D eigenvalue weighted by molar-refractivity contribution is -0.117. The second kappa shape index (κ2) is 6.53. The summed E-state index contributed by atoms with van der Waals surface area (Å²) in [5.74, 6) is 0.103. The number of carbonyl (C=O) groups excluding carboxylic acids is 1. The first-order chi connectivity index (χ1) is 10.6. The number of fused-ring (bicyclic) bond motifs is 1. The lowest BCUT2D eigenvalue weighted by Gasteiger charge is -2.21. The number of benzene rings is 2. The molecule has 0 saturated carbocycles. The van der Waals surface area contributed by atoms with Crippen molar-refractivity contribution in [1.29, 1.82) is 0 Å². The molecule has 0 bridgehead atoms. The fourth-order valence-corrected chi connectivity index (χ4v) is 4.07. The summed E-state index contributed by atoms with van der Waals surface area (Å²) in [7, 11) is 0. The fraction of sp³-hybridized carbons (Fsp3) is 0.235. The Hall–Kier alpha value is -1.16. The molecule has 0 radical (unpaired) electrons. The van der Waals surface area contributed by atoms with E-state index in [1.165, 1.54) is 17.3 Å². The van der Waals surface area contributed by atoms with Crippen LogP contribution in [0.1, 0.15) is 12.5 Å². The van der Waals surface area contributed by atoms with Crippen molar-refractivity contribution in [3.05, 3.63) is 58.1 Å². The lowest BCUT2D eigenvalue weighted by atomic mass is 10.2. The lowest BCUT2D eigenvalue weighted by Crippen LogP contribution is -2.35. The minimum Gasteiger partial charge on any atom is -0.311 e. The quantitative estimate of drug-likeness (QED) is 0.720. The molecule has 22 heavy (non-hydrogen) atoms. The van der Waals surface area contributed by atoms with Crippen molar-refractivity contribution in [3.8, 4) is 0 Å². The van der Waals surface area contributed by atoms with Gasteiger partial charge < -0.3 is 4.90 Å². The van der Waals surface area contributed by atoms with E-state index >= 15 is 0 Å². The van der Waals surface area contributed by atoms with Gasteiger partial charge in [0, 0.05) is 22.2 Å². The number of hydrogen-bond donors (Lipinski definition) is 0. The van der Waals surface area contributed by atoms with Gasteiger partial charge >= 0.3 is 0 Å². The number of para-hydroxylation sites is 1. The van der Waals surface area contributed by atoms with Gasteiger partial charge in [0.1, 0.15) is 0 Å². The van der Waals surface area contributed by atoms with Gasteiger partial charge in [0.15, 0.2) is 0 Å². The summed E-state index contributed by atoms with van der Waals surface area (Å²) in [4.78, 5) is 15.4. The van der Waals surface area contributed by atoms with Crippen LogP contribution in [-0.2, 0) is 11.2 Å². The number of nitrogens with zero attached hydrogens (tertiary/aromatic N) is 1. The van der Waals surface area contributed by atoms with Crippen LogP contribution in [-0.4, -0.2) is 17.7 Å². The fourth-order valence-electron chi connectivity index (χ4n) is 2.59. The van der Waals surface area contributed by atoms with Crippen LogP contribution in [0.5, 0.6) is 0 Å². The second-order valence-corrected chi connectivity index (χ2v) is 7.43. The predicted molar refractivity (Wildman–Crippen MR) is 94.3 cm³/mol. The van der Waals surface area contributed by atoms with Gasteiger partial charge in [-0.2, -0.15) is 0 Å². The van der Waals surface area contributed by atoms with E-state index in [-0.39, 0.29) is 11.2 Å². The van der Waals surface area contributed by atoms with Gasteiger partial charge in [0.25, 0.3) is 0 Å². The molecule has 1 heterocycles. The molecular formula is C17H15Cl2NOS. The van der Waals surface area contributed by atoms with E-state index in [0.29, 0.717) is 10.0 Å². The van der Waals surface area contributed by atoms with Gasteiger partial charge in [-0.1, -0.05) is 41.4 Å². The van der Waals surface area contributed by atoms with E-state index in [1.54, 1.807) is 18.2 Å². The minimum atomic E-state index is -0.220. The zero-order valence-corrected chi connectivity index (χ0v) is 14.4. The summed E-state index contributed by atoms with van der Waals surface area (Å²) in [6, 6.07) is 13.4. The molecule has 1 aliphatic heterocycles. The van der Waals surface area contributed by atoms with Crippen molar-refractivity contribution in [2.45, 2.75) is 23.5 Å². The van der Waals surface area contributed by atoms with Crippen LogP contribution in [0.3, 0.4) is 0 Å². The third-order valence-corrected chi connectivity index (χ3v) is 5.52. The summed E-state index contributed by atoms with van der Waals surface area (Å²) in [6.07, 6.45) is 0.914. The Morgan fingerprint density at radius 1 is 1.23 bits per heavy atom. The topological polar surface area (TPSA) is 20.3 Å². The zero-order chi connectivity index (χ0) is 15.7. The maximum atomic E-state index is 12.7. The molecule has 0 spiro atoms. The maximum absolute atomic E-state index is 12.7. The van der Waals surface area contributed by atoms with Crippen LogP contribution in [0.15, 0.2) is 47.4 Å². The number of rotatable bonds is 3. The van der Waals surface area contributed by atoms with E-state index < -0.39 is 0 Å². The van der Waals surface area contributed by atoms with Crippen LogP contribution >= 0.6 is 35.0 Å². The molecule has 0 unspecified atom stereocenters. The Balaban J connectivity index is 1.77. The van der Waals surface area contributed by atoms with Crippen LogP contribution < -0.4 is 4.90 Å². The number of amides is 1. The maximum Gasteiger partial charge on any atom is 0.240 e. The van der Waals surface area contributed by atoms with Crippen molar-refractivity contribution < 1.29 is 4.79 Å². The average Bonchev–Trinajstić information content (AvgIpc) is 2.94. The molecular weight excluding hydrogens is 337 g/mol. The van der Waals surface area contributed by atoms with Crippen molar-refractivity contribution in [2.75, 3.05) is 11.4 Å². The van der Waals surface area contributed by atoms with Crippen LogP contribution in [0.2, 0.25) is 10.0 Å². The molecule has 2 aromatic rings. The van der Waals surface area contributed by atoms with Gasteiger partial charge in [-0.05, 0) is 43.2 Å². The van der Waals surface area contributed by atoms with Gasteiger partial charge in [-0.15, -0.1) is 11.8 Å². The van der Waals surface area contributed by atoms with E-state index in [4.69, 9.17) is 23.2 Å². The largest absolute Gasteiger partial charge is 0.311 e. The second-order valence-electron chi connectivity index (χ2n) is 5.20. The van der Waals surface area contributed by atoms with Gasteiger partial charge in [0.05, 0.1) is 10.3 Å². The highest BCUT2D eigenvalue weighted by Gasteiger charge is 2.28. The monoisotopic (exact) mass is 351 g/mol. The van der Waals surface area contributed by atoms with Crippen molar-refractivity contribution in [3.63, 3.8) is 0 Å². The number of anilines is 1. The summed E-state index contributed by atoms with van der Waals surface area (Å²) in [6.45, 7) is 2.65. The summed E-state index contributed by atoms with van der Waals surface area (Å²) < 4.78 is 0. The molecule has 114 valence electrons. The molecule has 2 nitrogen and oxygen atoms in total. The summed E-state index contributed by atoms with van der Waals surface area (Å²) in [5, 5.41) is 1.02. The molecule has 0 aromatic heterocycles. The third-order valence-electron chi connectivity index (χ3n) is 3.70. The highest BCUT2D eigenvalue weighted by atomic mass is 35.5. The van der Waals surface area contributed by atoms with E-state index in [9.17, 15) is 4.79 Å². The van der Waals surface area contributed by atoms with Crippen molar-refractivity contribution in [2.24, 2.45) is 0 Å². The Morgan fingerprint density at radius 2 is 2.00 bits per heavy atom. The highest BCUT2D eigenvalue weighted by molar-refractivity contribution is 8.00. The van der Waals surface area contributed by atoms with Crippen LogP contribution in [0.4, 0.5) is 5.69 Å². The average molecular weight is 352 g/mol. The molecule has 0 saturated heterocycles.